The summed E-state index contributed by atoms with van der Waals surface area (Å²) in [5.41, 5.74) is 7.42. The zero-order valence-electron chi connectivity index (χ0n) is 25.4. The fraction of sp³-hybridized carbons (Fsp3) is 0.486. The second-order valence-electron chi connectivity index (χ2n) is 11.9. The van der Waals surface area contributed by atoms with Crippen LogP contribution in [-0.2, 0) is 17.8 Å². The Kier molecular flexibility index (Phi) is 8.38. The monoisotopic (exact) mass is 568 g/mol. The highest BCUT2D eigenvalue weighted by Gasteiger charge is 2.30. The largest absolute Gasteiger partial charge is 0.465 e. The van der Waals surface area contributed by atoms with E-state index in [0.717, 1.165) is 67.7 Å². The fourth-order valence-electron chi connectivity index (χ4n) is 7.43. The number of rotatable bonds is 9. The van der Waals surface area contributed by atoms with Gasteiger partial charge in [-0.25, -0.2) is 4.79 Å². The van der Waals surface area contributed by atoms with Crippen LogP contribution in [0.4, 0.5) is 0 Å². The molecule has 222 valence electrons. The van der Waals surface area contributed by atoms with Gasteiger partial charge in [0.2, 0.25) is 0 Å². The van der Waals surface area contributed by atoms with Gasteiger partial charge in [0.15, 0.2) is 0 Å². The number of hydrogen-bond acceptors (Lipinski definition) is 4. The fourth-order valence-corrected chi connectivity index (χ4v) is 7.43. The molecule has 4 aromatic rings. The van der Waals surface area contributed by atoms with Gasteiger partial charge in [0.1, 0.15) is 5.69 Å². The summed E-state index contributed by atoms with van der Waals surface area (Å²) in [6.07, 6.45) is 8.16. The maximum atomic E-state index is 13.6. The molecular formula is C35H44N4O3. The number of esters is 1. The van der Waals surface area contributed by atoms with Crippen LogP contribution in [0.5, 0.6) is 0 Å². The molecule has 1 amide bonds. The SMILES string of the molecule is CCCN(CC)CCNC(=O)c1cc2cccc3c2n1CCCn1c-3c(C2CCCCC2)c2ccc(C(=O)OC)cc21. The summed E-state index contributed by atoms with van der Waals surface area (Å²) in [7, 11) is 1.44. The van der Waals surface area contributed by atoms with E-state index >= 15 is 0 Å². The van der Waals surface area contributed by atoms with Gasteiger partial charge >= 0.3 is 5.97 Å². The Morgan fingerprint density at radius 3 is 2.55 bits per heavy atom. The van der Waals surface area contributed by atoms with Gasteiger partial charge in [-0.3, -0.25) is 4.79 Å². The van der Waals surface area contributed by atoms with Gasteiger partial charge in [0, 0.05) is 48.0 Å². The molecule has 1 N–H and O–H groups in total. The van der Waals surface area contributed by atoms with Crippen molar-refractivity contribution in [2.45, 2.75) is 77.8 Å². The van der Waals surface area contributed by atoms with E-state index in [-0.39, 0.29) is 11.9 Å². The molecule has 1 aliphatic carbocycles. The third-order valence-electron chi connectivity index (χ3n) is 9.41. The molecule has 3 heterocycles. The number of likely N-dealkylation sites (N-methyl/N-ethyl adjacent to an activating group) is 1. The van der Waals surface area contributed by atoms with Crippen LogP contribution < -0.4 is 5.32 Å². The van der Waals surface area contributed by atoms with E-state index in [4.69, 9.17) is 4.74 Å². The van der Waals surface area contributed by atoms with Gasteiger partial charge in [-0.1, -0.05) is 57.4 Å². The van der Waals surface area contributed by atoms with Crippen molar-refractivity contribution in [2.75, 3.05) is 33.3 Å². The van der Waals surface area contributed by atoms with E-state index in [0.29, 0.717) is 18.0 Å². The number of carbonyl (C=O) groups is 2. The Balaban J connectivity index is 1.48. The number of amides is 1. The molecule has 2 aromatic carbocycles. The second kappa shape index (κ2) is 12.3. The lowest BCUT2D eigenvalue weighted by Gasteiger charge is -2.25. The van der Waals surface area contributed by atoms with Crippen LogP contribution in [0, 0.1) is 0 Å². The highest BCUT2D eigenvalue weighted by Crippen LogP contribution is 2.46. The van der Waals surface area contributed by atoms with E-state index < -0.39 is 0 Å². The number of aromatic nitrogens is 2. The minimum Gasteiger partial charge on any atom is -0.465 e. The Morgan fingerprint density at radius 1 is 0.976 bits per heavy atom. The van der Waals surface area contributed by atoms with Crippen LogP contribution >= 0.6 is 0 Å². The molecule has 7 nitrogen and oxygen atoms in total. The minimum atomic E-state index is -0.305. The predicted molar refractivity (Wildman–Crippen MR) is 169 cm³/mol. The molecule has 0 atom stereocenters. The minimum absolute atomic E-state index is 0.000965. The molecule has 1 aliphatic heterocycles. The Hall–Kier alpha value is -3.58. The maximum Gasteiger partial charge on any atom is 0.337 e. The van der Waals surface area contributed by atoms with Crippen molar-refractivity contribution in [3.05, 3.63) is 59.3 Å². The Labute approximate surface area is 248 Å². The van der Waals surface area contributed by atoms with Crippen molar-refractivity contribution in [1.82, 2.24) is 19.4 Å². The normalized spacial score (nSPS) is 15.5. The molecule has 2 aromatic heterocycles. The summed E-state index contributed by atoms with van der Waals surface area (Å²) in [6, 6.07) is 14.6. The van der Waals surface area contributed by atoms with Gasteiger partial charge in [-0.2, -0.15) is 0 Å². The van der Waals surface area contributed by atoms with Crippen LogP contribution in [0.25, 0.3) is 33.1 Å². The molecule has 1 saturated carbocycles. The average molecular weight is 569 g/mol. The molecule has 0 radical (unpaired) electrons. The van der Waals surface area contributed by atoms with Gasteiger partial charge in [-0.05, 0) is 68.5 Å². The number of ether oxygens (including phenoxy) is 1. The Bertz CT molecular complexity index is 1610. The van der Waals surface area contributed by atoms with Crippen molar-refractivity contribution in [2.24, 2.45) is 0 Å². The van der Waals surface area contributed by atoms with Gasteiger partial charge in [0.05, 0.1) is 23.9 Å². The van der Waals surface area contributed by atoms with Crippen molar-refractivity contribution in [3.8, 4) is 11.3 Å². The number of hydrogen-bond donors (Lipinski definition) is 1. The Morgan fingerprint density at radius 2 is 1.79 bits per heavy atom. The molecule has 7 heteroatoms. The first-order valence-corrected chi connectivity index (χ1v) is 15.9. The van der Waals surface area contributed by atoms with Crippen molar-refractivity contribution in [1.29, 1.82) is 0 Å². The van der Waals surface area contributed by atoms with Crippen LogP contribution in [0.3, 0.4) is 0 Å². The summed E-state index contributed by atoms with van der Waals surface area (Å²) >= 11 is 0. The average Bonchev–Trinajstić information content (AvgIpc) is 3.55. The van der Waals surface area contributed by atoms with Crippen LogP contribution in [-0.4, -0.2) is 59.2 Å². The summed E-state index contributed by atoms with van der Waals surface area (Å²) < 4.78 is 9.79. The first-order chi connectivity index (χ1) is 20.5. The van der Waals surface area contributed by atoms with Crippen molar-refractivity contribution < 1.29 is 14.3 Å². The van der Waals surface area contributed by atoms with Gasteiger partial charge < -0.3 is 24.1 Å². The zero-order valence-corrected chi connectivity index (χ0v) is 25.4. The summed E-state index contributed by atoms with van der Waals surface area (Å²) in [5, 5.41) is 5.56. The molecule has 2 aliphatic rings. The number of nitrogens with zero attached hydrogens (tertiary/aromatic N) is 3. The van der Waals surface area contributed by atoms with E-state index in [9.17, 15) is 9.59 Å². The predicted octanol–water partition coefficient (Wildman–Crippen LogP) is 6.96. The number of nitrogens with one attached hydrogen (secondary N) is 1. The highest BCUT2D eigenvalue weighted by atomic mass is 16.5. The topological polar surface area (TPSA) is 68.5 Å². The molecule has 42 heavy (non-hydrogen) atoms. The first-order valence-electron chi connectivity index (χ1n) is 15.9. The molecule has 0 unspecified atom stereocenters. The lowest BCUT2D eigenvalue weighted by molar-refractivity contribution is 0.0600. The smallest absolute Gasteiger partial charge is 0.337 e. The molecule has 1 fully saturated rings. The molecule has 0 spiro atoms. The lowest BCUT2D eigenvalue weighted by Crippen LogP contribution is -2.36. The second-order valence-corrected chi connectivity index (χ2v) is 11.9. The lowest BCUT2D eigenvalue weighted by atomic mass is 9.81. The first kappa shape index (κ1) is 28.5. The van der Waals surface area contributed by atoms with Gasteiger partial charge in [-0.15, -0.1) is 0 Å². The van der Waals surface area contributed by atoms with E-state index in [2.05, 4.69) is 63.5 Å². The number of para-hydroxylation sites is 1. The standard InChI is InChI=1S/C35H44N4O3/c1-4-18-37(5-2)21-17-36-34(40)30-22-25-13-9-14-28-32(25)39(30)20-10-19-38-29-23-26(35(41)42-3)15-16-27(29)31(33(28)38)24-11-7-6-8-12-24/h9,13-16,22-24H,4-8,10-12,17-21H2,1-3H3,(H,36,40). The molecule has 0 bridgehead atoms. The summed E-state index contributed by atoms with van der Waals surface area (Å²) in [4.78, 5) is 28.5. The number of carbonyl (C=O) groups excluding carboxylic acids is 2. The summed E-state index contributed by atoms with van der Waals surface area (Å²) in [5.74, 6) is 0.175. The van der Waals surface area contributed by atoms with Gasteiger partial charge in [0.25, 0.3) is 5.91 Å². The third-order valence-corrected chi connectivity index (χ3v) is 9.41. The number of benzene rings is 2. The van der Waals surface area contributed by atoms with E-state index in [1.54, 1.807) is 0 Å². The molecule has 0 saturated heterocycles. The van der Waals surface area contributed by atoms with Crippen LogP contribution in [0.1, 0.15) is 91.1 Å². The van der Waals surface area contributed by atoms with Crippen molar-refractivity contribution >= 4 is 33.7 Å². The zero-order chi connectivity index (χ0) is 29.2. The van der Waals surface area contributed by atoms with E-state index in [1.807, 2.05) is 12.1 Å². The number of fused-ring (bicyclic) bond motifs is 4. The molecule has 6 rings (SSSR count). The highest BCUT2D eigenvalue weighted by molar-refractivity contribution is 6.06. The third kappa shape index (κ3) is 5.13. The van der Waals surface area contributed by atoms with Crippen LogP contribution in [0.15, 0.2) is 42.5 Å². The van der Waals surface area contributed by atoms with Crippen LogP contribution in [0.2, 0.25) is 0 Å². The van der Waals surface area contributed by atoms with E-state index in [1.165, 1.54) is 61.4 Å². The number of methoxy groups -OCH3 is 1. The maximum absolute atomic E-state index is 13.6. The number of aryl methyl sites for hydroxylation is 2. The quantitative estimate of drug-likeness (QED) is 0.222. The molecular weight excluding hydrogens is 524 g/mol. The summed E-state index contributed by atoms with van der Waals surface area (Å²) in [6.45, 7) is 9.49. The van der Waals surface area contributed by atoms with Crippen molar-refractivity contribution in [3.63, 3.8) is 0 Å².